The first-order valence-electron chi connectivity index (χ1n) is 10.0. The Morgan fingerprint density at radius 3 is 2.06 bits per heavy atom. The van der Waals surface area contributed by atoms with Gasteiger partial charge in [0, 0.05) is 19.9 Å². The third-order valence-electron chi connectivity index (χ3n) is 4.40. The SMILES string of the molecule is CC(=O)N[C@@H](Cc1ccccc1)C(=O)N[C@@H](CCCN=C(N)N)C(=O)N[C@@H](CO)C(N)=O. The minimum atomic E-state index is -1.31. The van der Waals surface area contributed by atoms with Crippen molar-refractivity contribution in [3.63, 3.8) is 0 Å². The van der Waals surface area contributed by atoms with E-state index in [-0.39, 0.29) is 25.3 Å². The van der Waals surface area contributed by atoms with E-state index >= 15 is 0 Å². The average Bonchev–Trinajstić information content (AvgIpc) is 2.73. The van der Waals surface area contributed by atoms with Crippen LogP contribution in [0.1, 0.15) is 25.3 Å². The Balaban J connectivity index is 2.97. The molecule has 10 N–H and O–H groups in total. The lowest BCUT2D eigenvalue weighted by Gasteiger charge is -2.24. The number of hydrogen-bond donors (Lipinski definition) is 7. The van der Waals surface area contributed by atoms with E-state index in [1.807, 2.05) is 6.07 Å². The van der Waals surface area contributed by atoms with Crippen molar-refractivity contribution in [2.45, 2.75) is 44.3 Å². The molecule has 0 radical (unpaired) electrons. The molecule has 0 aliphatic carbocycles. The lowest BCUT2D eigenvalue weighted by atomic mass is 10.0. The number of benzene rings is 1. The monoisotopic (exact) mass is 449 g/mol. The number of primary amides is 1. The minimum Gasteiger partial charge on any atom is -0.394 e. The third-order valence-corrected chi connectivity index (χ3v) is 4.40. The highest BCUT2D eigenvalue weighted by Crippen LogP contribution is 2.06. The van der Waals surface area contributed by atoms with Gasteiger partial charge in [0.05, 0.1) is 6.61 Å². The summed E-state index contributed by atoms with van der Waals surface area (Å²) in [7, 11) is 0. The third kappa shape index (κ3) is 9.89. The van der Waals surface area contributed by atoms with Crippen molar-refractivity contribution in [1.82, 2.24) is 16.0 Å². The molecule has 0 fully saturated rings. The molecule has 0 spiro atoms. The largest absolute Gasteiger partial charge is 0.394 e. The number of rotatable bonds is 13. The Hall–Kier alpha value is -3.67. The molecular weight excluding hydrogens is 418 g/mol. The van der Waals surface area contributed by atoms with Crippen molar-refractivity contribution in [1.29, 1.82) is 0 Å². The number of hydrogen-bond acceptors (Lipinski definition) is 6. The summed E-state index contributed by atoms with van der Waals surface area (Å²) < 4.78 is 0. The number of nitrogens with zero attached hydrogens (tertiary/aromatic N) is 1. The molecule has 12 heteroatoms. The van der Waals surface area contributed by atoms with Crippen LogP contribution in [0.25, 0.3) is 0 Å². The van der Waals surface area contributed by atoms with Gasteiger partial charge in [-0.05, 0) is 18.4 Å². The van der Waals surface area contributed by atoms with Crippen LogP contribution in [-0.2, 0) is 25.6 Å². The number of aliphatic hydroxyl groups is 1. The van der Waals surface area contributed by atoms with Gasteiger partial charge in [-0.2, -0.15) is 0 Å². The number of aliphatic imine (C=N–C) groups is 1. The topological polar surface area (TPSA) is 215 Å². The molecular formula is C20H31N7O5. The number of amides is 4. The molecule has 0 saturated heterocycles. The molecule has 176 valence electrons. The van der Waals surface area contributed by atoms with Gasteiger partial charge in [-0.1, -0.05) is 30.3 Å². The molecule has 12 nitrogen and oxygen atoms in total. The van der Waals surface area contributed by atoms with Crippen LogP contribution < -0.4 is 33.2 Å². The summed E-state index contributed by atoms with van der Waals surface area (Å²) >= 11 is 0. The summed E-state index contributed by atoms with van der Waals surface area (Å²) in [5, 5.41) is 16.7. The predicted octanol–water partition coefficient (Wildman–Crippen LogP) is -2.77. The van der Waals surface area contributed by atoms with Crippen molar-refractivity contribution in [3.8, 4) is 0 Å². The molecule has 32 heavy (non-hydrogen) atoms. The molecule has 0 aliphatic heterocycles. The van der Waals surface area contributed by atoms with Crippen molar-refractivity contribution in [3.05, 3.63) is 35.9 Å². The van der Waals surface area contributed by atoms with Crippen LogP contribution in [0.2, 0.25) is 0 Å². The van der Waals surface area contributed by atoms with E-state index in [2.05, 4.69) is 20.9 Å². The number of carbonyl (C=O) groups excluding carboxylic acids is 4. The molecule has 3 atom stereocenters. The Labute approximate surface area is 186 Å². The Morgan fingerprint density at radius 2 is 1.53 bits per heavy atom. The van der Waals surface area contributed by atoms with Gasteiger partial charge in [0.1, 0.15) is 18.1 Å². The molecule has 1 aromatic rings. The second-order valence-electron chi connectivity index (χ2n) is 7.10. The van der Waals surface area contributed by atoms with Crippen LogP contribution >= 0.6 is 0 Å². The van der Waals surface area contributed by atoms with E-state index in [1.54, 1.807) is 24.3 Å². The van der Waals surface area contributed by atoms with Crippen LogP contribution in [0, 0.1) is 0 Å². The minimum absolute atomic E-state index is 0.113. The van der Waals surface area contributed by atoms with Crippen LogP contribution in [0.15, 0.2) is 35.3 Å². The first-order chi connectivity index (χ1) is 15.1. The van der Waals surface area contributed by atoms with Gasteiger partial charge < -0.3 is 38.3 Å². The van der Waals surface area contributed by atoms with E-state index in [4.69, 9.17) is 17.2 Å². The zero-order chi connectivity index (χ0) is 24.1. The van der Waals surface area contributed by atoms with Gasteiger partial charge in [-0.3, -0.25) is 24.2 Å². The molecule has 0 aliphatic rings. The van der Waals surface area contributed by atoms with E-state index in [9.17, 15) is 24.3 Å². The van der Waals surface area contributed by atoms with Gasteiger partial charge in [0.2, 0.25) is 23.6 Å². The van der Waals surface area contributed by atoms with Crippen molar-refractivity contribution in [2.75, 3.05) is 13.2 Å². The summed E-state index contributed by atoms with van der Waals surface area (Å²) in [5.74, 6) is -2.76. The fraction of sp³-hybridized carbons (Fsp3) is 0.450. The van der Waals surface area contributed by atoms with Gasteiger partial charge in [-0.25, -0.2) is 0 Å². The van der Waals surface area contributed by atoms with E-state index in [0.29, 0.717) is 6.42 Å². The van der Waals surface area contributed by atoms with Crippen molar-refractivity contribution in [2.24, 2.45) is 22.2 Å². The van der Waals surface area contributed by atoms with Crippen molar-refractivity contribution >= 4 is 29.6 Å². The van der Waals surface area contributed by atoms with Crippen LogP contribution in [-0.4, -0.2) is 66.0 Å². The molecule has 4 amide bonds. The van der Waals surface area contributed by atoms with Gasteiger partial charge in [0.25, 0.3) is 0 Å². The Kier molecular flexibility index (Phi) is 11.2. The highest BCUT2D eigenvalue weighted by Gasteiger charge is 2.28. The summed E-state index contributed by atoms with van der Waals surface area (Å²) in [6.45, 7) is 0.794. The lowest BCUT2D eigenvalue weighted by molar-refractivity contribution is -0.133. The molecule has 0 unspecified atom stereocenters. The molecule has 0 bridgehead atoms. The fourth-order valence-electron chi connectivity index (χ4n) is 2.83. The summed E-state index contributed by atoms with van der Waals surface area (Å²) in [6, 6.07) is 5.71. The maximum absolute atomic E-state index is 12.9. The van der Waals surface area contributed by atoms with Crippen LogP contribution in [0.5, 0.6) is 0 Å². The van der Waals surface area contributed by atoms with Crippen LogP contribution in [0.4, 0.5) is 0 Å². The molecule has 1 rings (SSSR count). The fourth-order valence-corrected chi connectivity index (χ4v) is 2.83. The van der Waals surface area contributed by atoms with Crippen LogP contribution in [0.3, 0.4) is 0 Å². The number of guanidine groups is 1. The lowest BCUT2D eigenvalue weighted by Crippen LogP contribution is -2.57. The van der Waals surface area contributed by atoms with E-state index in [0.717, 1.165) is 5.56 Å². The molecule has 0 heterocycles. The number of nitrogens with two attached hydrogens (primary N) is 3. The Bertz CT molecular complexity index is 812. The second kappa shape index (κ2) is 13.6. The summed E-state index contributed by atoms with van der Waals surface area (Å²) in [5.41, 5.74) is 16.5. The summed E-state index contributed by atoms with van der Waals surface area (Å²) in [4.78, 5) is 52.4. The zero-order valence-corrected chi connectivity index (χ0v) is 17.9. The second-order valence-corrected chi connectivity index (χ2v) is 7.10. The maximum atomic E-state index is 12.9. The van der Waals surface area contributed by atoms with Crippen molar-refractivity contribution < 1.29 is 24.3 Å². The number of carbonyl (C=O) groups is 4. The molecule has 1 aromatic carbocycles. The molecule has 0 saturated carbocycles. The predicted molar refractivity (Wildman–Crippen MR) is 118 cm³/mol. The smallest absolute Gasteiger partial charge is 0.243 e. The normalized spacial score (nSPS) is 13.2. The quantitative estimate of drug-likeness (QED) is 0.0955. The maximum Gasteiger partial charge on any atom is 0.243 e. The van der Waals surface area contributed by atoms with E-state index < -0.39 is 48.4 Å². The number of nitrogens with one attached hydrogen (secondary N) is 3. The standard InChI is InChI=1S/C20H31N7O5/c1-12(29)25-15(10-13-6-3-2-4-7-13)19(32)26-14(8-5-9-24-20(22)23)18(31)27-16(11-28)17(21)30/h2-4,6-7,14-16,28H,5,8-11H2,1H3,(H2,21,30)(H,25,29)(H,26,32)(H,27,31)(H4,22,23,24)/t14-,15-,16-/m0/s1. The highest BCUT2D eigenvalue weighted by molar-refractivity contribution is 5.94. The summed E-state index contributed by atoms with van der Waals surface area (Å²) in [6.07, 6.45) is 0.665. The van der Waals surface area contributed by atoms with Gasteiger partial charge in [-0.15, -0.1) is 0 Å². The van der Waals surface area contributed by atoms with Gasteiger partial charge >= 0.3 is 0 Å². The number of aliphatic hydroxyl groups excluding tert-OH is 1. The highest BCUT2D eigenvalue weighted by atomic mass is 16.3. The first-order valence-corrected chi connectivity index (χ1v) is 10.0. The van der Waals surface area contributed by atoms with E-state index in [1.165, 1.54) is 6.92 Å². The zero-order valence-electron chi connectivity index (χ0n) is 17.9. The molecule has 0 aromatic heterocycles. The first kappa shape index (κ1) is 26.4. The average molecular weight is 450 g/mol. The Morgan fingerprint density at radius 1 is 0.938 bits per heavy atom. The van der Waals surface area contributed by atoms with Gasteiger partial charge in [0.15, 0.2) is 5.96 Å².